The summed E-state index contributed by atoms with van der Waals surface area (Å²) in [6, 6.07) is 13.2. The summed E-state index contributed by atoms with van der Waals surface area (Å²) < 4.78 is 5.55. The Kier molecular flexibility index (Phi) is 4.29. The van der Waals surface area contributed by atoms with Crippen LogP contribution in [0, 0.1) is 0 Å². The minimum Gasteiger partial charge on any atom is -0.459 e. The number of esters is 1. The molecule has 0 N–H and O–H groups in total. The molecule has 0 unspecified atom stereocenters. The van der Waals surface area contributed by atoms with Gasteiger partial charge in [-0.25, -0.2) is 9.69 Å². The third kappa shape index (κ3) is 2.90. The van der Waals surface area contributed by atoms with Crippen molar-refractivity contribution in [3.8, 4) is 0 Å². The highest BCUT2D eigenvalue weighted by Gasteiger charge is 2.36. The van der Waals surface area contributed by atoms with E-state index in [1.807, 2.05) is 0 Å². The normalized spacial score (nSPS) is 17.3. The first-order chi connectivity index (χ1) is 12.6. The number of amides is 2. The van der Waals surface area contributed by atoms with Gasteiger partial charge in [0, 0.05) is 0 Å². The fourth-order valence-corrected chi connectivity index (χ4v) is 3.57. The van der Waals surface area contributed by atoms with Crippen LogP contribution in [0.2, 0.25) is 0 Å². The average Bonchev–Trinajstić information content (AvgIpc) is 2.94. The maximum atomic E-state index is 12.5. The van der Waals surface area contributed by atoms with E-state index in [0.29, 0.717) is 22.4 Å². The van der Waals surface area contributed by atoms with Gasteiger partial charge < -0.3 is 4.74 Å². The number of nitrogens with zero attached hydrogens (tertiary/aromatic N) is 1. The second-order valence-electron chi connectivity index (χ2n) is 6.70. The van der Waals surface area contributed by atoms with Crippen LogP contribution in [0.4, 0.5) is 5.69 Å². The topological polar surface area (TPSA) is 63.7 Å². The maximum Gasteiger partial charge on any atom is 0.338 e. The summed E-state index contributed by atoms with van der Waals surface area (Å²) in [4.78, 5) is 38.4. The molecule has 26 heavy (non-hydrogen) atoms. The Morgan fingerprint density at radius 1 is 0.846 bits per heavy atom. The van der Waals surface area contributed by atoms with Crippen molar-refractivity contribution in [3.63, 3.8) is 0 Å². The van der Waals surface area contributed by atoms with Crippen LogP contribution in [0.25, 0.3) is 0 Å². The molecule has 5 nitrogen and oxygen atoms in total. The zero-order chi connectivity index (χ0) is 18.1. The van der Waals surface area contributed by atoms with Crippen LogP contribution < -0.4 is 4.90 Å². The molecule has 1 fully saturated rings. The number of carbonyl (C=O) groups excluding carboxylic acids is 3. The van der Waals surface area contributed by atoms with Gasteiger partial charge in [-0.2, -0.15) is 0 Å². The Bertz CT molecular complexity index is 831. The van der Waals surface area contributed by atoms with Crippen LogP contribution in [0.3, 0.4) is 0 Å². The largest absolute Gasteiger partial charge is 0.459 e. The third-order valence-corrected chi connectivity index (χ3v) is 4.98. The minimum atomic E-state index is -0.356. The van der Waals surface area contributed by atoms with Gasteiger partial charge in [-0.15, -0.1) is 0 Å². The van der Waals surface area contributed by atoms with Crippen molar-refractivity contribution in [2.75, 3.05) is 4.90 Å². The molecular weight excluding hydrogens is 330 g/mol. The quantitative estimate of drug-likeness (QED) is 0.621. The SMILES string of the molecule is O=C(OC1CCCCC1)c1ccc(N2C(=O)c3ccccc3C2=O)cc1. The molecule has 2 aromatic carbocycles. The van der Waals surface area contributed by atoms with E-state index >= 15 is 0 Å². The van der Waals surface area contributed by atoms with Crippen LogP contribution >= 0.6 is 0 Å². The molecule has 0 aromatic heterocycles. The zero-order valence-corrected chi connectivity index (χ0v) is 14.3. The van der Waals surface area contributed by atoms with Gasteiger partial charge in [0.15, 0.2) is 0 Å². The highest BCUT2D eigenvalue weighted by Crippen LogP contribution is 2.28. The minimum absolute atomic E-state index is 0.00726. The number of fused-ring (bicyclic) bond motifs is 1. The Balaban J connectivity index is 1.51. The first kappa shape index (κ1) is 16.5. The Hall–Kier alpha value is -2.95. The van der Waals surface area contributed by atoms with Crippen molar-refractivity contribution in [1.82, 2.24) is 0 Å². The van der Waals surface area contributed by atoms with Crippen molar-refractivity contribution in [3.05, 3.63) is 65.2 Å². The second-order valence-corrected chi connectivity index (χ2v) is 6.70. The Labute approximate surface area is 151 Å². The Morgan fingerprint density at radius 2 is 1.42 bits per heavy atom. The van der Waals surface area contributed by atoms with Crippen LogP contribution in [0.15, 0.2) is 48.5 Å². The first-order valence-electron chi connectivity index (χ1n) is 8.94. The van der Waals surface area contributed by atoms with Crippen LogP contribution in [-0.4, -0.2) is 23.9 Å². The summed E-state index contributed by atoms with van der Waals surface area (Å²) >= 11 is 0. The van der Waals surface area contributed by atoms with Crippen molar-refractivity contribution in [2.24, 2.45) is 0 Å². The fourth-order valence-electron chi connectivity index (χ4n) is 3.57. The van der Waals surface area contributed by atoms with Gasteiger partial charge in [-0.3, -0.25) is 9.59 Å². The number of ether oxygens (including phenoxy) is 1. The third-order valence-electron chi connectivity index (χ3n) is 4.98. The molecule has 2 aromatic rings. The molecule has 2 aliphatic rings. The molecule has 1 heterocycles. The number of imide groups is 1. The highest BCUT2D eigenvalue weighted by atomic mass is 16.5. The number of carbonyl (C=O) groups is 3. The first-order valence-corrected chi connectivity index (χ1v) is 8.94. The lowest BCUT2D eigenvalue weighted by molar-refractivity contribution is 0.0211. The number of rotatable bonds is 3. The smallest absolute Gasteiger partial charge is 0.338 e. The number of anilines is 1. The van der Waals surface area contributed by atoms with Crippen molar-refractivity contribution < 1.29 is 19.1 Å². The van der Waals surface area contributed by atoms with Crippen molar-refractivity contribution >= 4 is 23.5 Å². The highest BCUT2D eigenvalue weighted by molar-refractivity contribution is 6.34. The summed E-state index contributed by atoms with van der Waals surface area (Å²) in [6.45, 7) is 0. The number of benzene rings is 2. The number of hydrogen-bond acceptors (Lipinski definition) is 4. The van der Waals surface area contributed by atoms with Crippen LogP contribution in [-0.2, 0) is 4.74 Å². The summed E-state index contributed by atoms with van der Waals surface area (Å²) in [5, 5.41) is 0. The van der Waals surface area contributed by atoms with Gasteiger partial charge >= 0.3 is 5.97 Å². The van der Waals surface area contributed by atoms with Gasteiger partial charge in [-0.05, 0) is 62.1 Å². The maximum absolute atomic E-state index is 12.5. The predicted molar refractivity (Wildman–Crippen MR) is 96.3 cm³/mol. The number of hydrogen-bond donors (Lipinski definition) is 0. The van der Waals surface area contributed by atoms with E-state index in [0.717, 1.165) is 30.6 Å². The van der Waals surface area contributed by atoms with E-state index in [4.69, 9.17) is 4.74 Å². The monoisotopic (exact) mass is 349 g/mol. The lowest BCUT2D eigenvalue weighted by Crippen LogP contribution is -2.29. The zero-order valence-electron chi connectivity index (χ0n) is 14.3. The Morgan fingerprint density at radius 3 is 2.00 bits per heavy atom. The average molecular weight is 349 g/mol. The van der Waals surface area contributed by atoms with E-state index in [1.165, 1.54) is 6.42 Å². The molecule has 0 bridgehead atoms. The molecular formula is C21H19NO4. The summed E-state index contributed by atoms with van der Waals surface area (Å²) in [6.07, 6.45) is 5.21. The fraction of sp³-hybridized carbons (Fsp3) is 0.286. The van der Waals surface area contributed by atoms with Gasteiger partial charge in [0.25, 0.3) is 11.8 Å². The van der Waals surface area contributed by atoms with Gasteiger partial charge in [0.05, 0.1) is 22.4 Å². The molecule has 2 amide bonds. The lowest BCUT2D eigenvalue weighted by atomic mass is 9.98. The van der Waals surface area contributed by atoms with E-state index in [2.05, 4.69) is 0 Å². The molecule has 1 aliphatic carbocycles. The summed E-state index contributed by atoms with van der Waals surface area (Å²) in [5.74, 6) is -1.04. The summed E-state index contributed by atoms with van der Waals surface area (Å²) in [5.41, 5.74) is 1.68. The molecule has 1 saturated carbocycles. The van der Waals surface area contributed by atoms with Crippen molar-refractivity contribution in [1.29, 1.82) is 0 Å². The molecule has 132 valence electrons. The van der Waals surface area contributed by atoms with E-state index in [1.54, 1.807) is 48.5 Å². The van der Waals surface area contributed by atoms with E-state index in [-0.39, 0.29) is 23.9 Å². The van der Waals surface area contributed by atoms with Crippen LogP contribution in [0.1, 0.15) is 63.2 Å². The predicted octanol–water partition coefficient (Wildman–Crippen LogP) is 3.98. The van der Waals surface area contributed by atoms with E-state index < -0.39 is 0 Å². The standard InChI is InChI=1S/C21H19NO4/c23-19-17-8-4-5-9-18(17)20(24)22(19)15-12-10-14(11-13-15)21(25)26-16-6-2-1-3-7-16/h4-5,8-13,16H,1-3,6-7H2. The lowest BCUT2D eigenvalue weighted by Gasteiger charge is -2.22. The van der Waals surface area contributed by atoms with Gasteiger partial charge in [0.2, 0.25) is 0 Å². The second kappa shape index (κ2) is 6.75. The molecule has 0 spiro atoms. The molecule has 4 rings (SSSR count). The molecule has 5 heteroatoms. The molecule has 1 aliphatic heterocycles. The van der Waals surface area contributed by atoms with E-state index in [9.17, 15) is 14.4 Å². The van der Waals surface area contributed by atoms with Crippen molar-refractivity contribution in [2.45, 2.75) is 38.2 Å². The molecule has 0 radical (unpaired) electrons. The molecule has 0 saturated heterocycles. The molecule has 0 atom stereocenters. The van der Waals surface area contributed by atoms with Gasteiger partial charge in [-0.1, -0.05) is 18.6 Å². The summed E-state index contributed by atoms with van der Waals surface area (Å²) in [7, 11) is 0. The van der Waals surface area contributed by atoms with Gasteiger partial charge in [0.1, 0.15) is 6.10 Å². The van der Waals surface area contributed by atoms with Crippen LogP contribution in [0.5, 0.6) is 0 Å².